The van der Waals surface area contributed by atoms with E-state index in [1.807, 2.05) is 0 Å². The molecule has 2 aromatic rings. The van der Waals surface area contributed by atoms with Crippen LogP contribution in [0.25, 0.3) is 11.2 Å². The topological polar surface area (TPSA) is 145 Å². The van der Waals surface area contributed by atoms with Gasteiger partial charge in [0.1, 0.15) is 29.4 Å². The maximum absolute atomic E-state index is 14.4. The summed E-state index contributed by atoms with van der Waals surface area (Å²) < 4.78 is 19.6. The minimum atomic E-state index is -3.24. The Labute approximate surface area is 117 Å². The third kappa shape index (κ3) is 1.92. The van der Waals surface area contributed by atoms with Crippen LogP contribution in [0.15, 0.2) is 12.5 Å². The summed E-state index contributed by atoms with van der Waals surface area (Å²) in [5, 5.41) is 38.2. The Hall–Kier alpha value is -1.72. The minimum absolute atomic E-state index is 0.140. The molecule has 1 aliphatic rings. The van der Waals surface area contributed by atoms with Gasteiger partial charge in [0.05, 0.1) is 19.4 Å². The van der Waals surface area contributed by atoms with Crippen molar-refractivity contribution in [2.45, 2.75) is 23.7 Å². The average molecular weight is 300 g/mol. The Kier molecular flexibility index (Phi) is 3.15. The van der Waals surface area contributed by atoms with Gasteiger partial charge in [0.2, 0.25) is 0 Å². The summed E-state index contributed by atoms with van der Waals surface area (Å²) in [5.41, 5.74) is -1.43. The van der Waals surface area contributed by atoms with Gasteiger partial charge >= 0.3 is 0 Å². The van der Waals surface area contributed by atoms with Crippen LogP contribution in [0.1, 0.15) is 11.9 Å². The molecule has 3 atom stereocenters. The molecule has 0 saturated carbocycles. The van der Waals surface area contributed by atoms with Gasteiger partial charge in [-0.2, -0.15) is 0 Å². The molecule has 3 rings (SSSR count). The Bertz CT molecular complexity index is 626. The zero-order chi connectivity index (χ0) is 15.3. The lowest BCUT2D eigenvalue weighted by molar-refractivity contribution is -0.179. The highest BCUT2D eigenvalue weighted by Gasteiger charge is 2.65. The molecule has 1 unspecified atom stereocenters. The van der Waals surface area contributed by atoms with Gasteiger partial charge in [-0.25, -0.2) is 19.3 Å². The van der Waals surface area contributed by atoms with Crippen molar-refractivity contribution in [3.8, 4) is 0 Å². The van der Waals surface area contributed by atoms with Crippen molar-refractivity contribution in [2.24, 2.45) is 0 Å². The number of aromatic nitrogens is 4. The summed E-state index contributed by atoms with van der Waals surface area (Å²) in [6, 6.07) is 0. The lowest BCUT2D eigenvalue weighted by Gasteiger charge is -2.27. The molecule has 21 heavy (non-hydrogen) atoms. The number of halogens is 1. The molecule has 3 heterocycles. The molecule has 1 aliphatic heterocycles. The van der Waals surface area contributed by atoms with E-state index in [1.165, 1.54) is 12.5 Å². The maximum Gasteiger partial charge on any atom is 0.269 e. The monoisotopic (exact) mass is 300 g/mol. The molecule has 0 aromatic carbocycles. The van der Waals surface area contributed by atoms with Crippen LogP contribution in [-0.4, -0.2) is 71.1 Å². The van der Waals surface area contributed by atoms with Gasteiger partial charge in [-0.15, -0.1) is 0 Å². The van der Waals surface area contributed by atoms with E-state index in [0.29, 0.717) is 5.52 Å². The summed E-state index contributed by atoms with van der Waals surface area (Å²) in [4.78, 5) is 14.2. The fourth-order valence-corrected chi connectivity index (χ4v) is 2.34. The number of hydrogen-bond donors (Lipinski definition) is 5. The smallest absolute Gasteiger partial charge is 0.269 e. The first-order valence-corrected chi connectivity index (χ1v) is 6.09. The summed E-state index contributed by atoms with van der Waals surface area (Å²) in [6.07, 6.45) is -1.23. The number of H-pyrrole nitrogens is 1. The Morgan fingerprint density at radius 3 is 2.67 bits per heavy atom. The number of fused-ring (bicyclic) bond motifs is 1. The minimum Gasteiger partial charge on any atom is -0.393 e. The van der Waals surface area contributed by atoms with Gasteiger partial charge in [0.25, 0.3) is 5.85 Å². The molecule has 0 aliphatic carbocycles. The molecule has 2 aromatic heterocycles. The zero-order valence-corrected chi connectivity index (χ0v) is 10.6. The first-order valence-electron chi connectivity index (χ1n) is 6.09. The van der Waals surface area contributed by atoms with Gasteiger partial charge in [-0.3, -0.25) is 0 Å². The number of aliphatic hydroxyl groups is 4. The lowest BCUT2D eigenvalue weighted by Crippen LogP contribution is -2.52. The largest absolute Gasteiger partial charge is 0.393 e. The predicted octanol–water partition coefficient (Wildman–Crippen LogP) is -1.83. The van der Waals surface area contributed by atoms with Gasteiger partial charge in [0.15, 0.2) is 11.8 Å². The fourth-order valence-electron chi connectivity index (χ4n) is 2.34. The SMILES string of the molecule is OCC1(CO)OC(c2nc3ncncc3[nH]2)[C@](O)(F)[C@@H]1O. The lowest BCUT2D eigenvalue weighted by atomic mass is 9.94. The van der Waals surface area contributed by atoms with Crippen LogP contribution in [0.5, 0.6) is 0 Å². The summed E-state index contributed by atoms with van der Waals surface area (Å²) in [5.74, 6) is -3.38. The van der Waals surface area contributed by atoms with E-state index in [-0.39, 0.29) is 11.5 Å². The highest BCUT2D eigenvalue weighted by Crippen LogP contribution is 2.47. The average Bonchev–Trinajstić information content (AvgIpc) is 2.99. The second-order valence-corrected chi connectivity index (χ2v) is 4.89. The van der Waals surface area contributed by atoms with E-state index in [4.69, 9.17) is 4.74 Å². The molecular weight excluding hydrogens is 287 g/mol. The Morgan fingerprint density at radius 1 is 1.38 bits per heavy atom. The number of imidazole rings is 1. The molecule has 0 amide bonds. The first-order chi connectivity index (χ1) is 9.94. The van der Waals surface area contributed by atoms with Gasteiger partial charge in [-0.1, -0.05) is 0 Å². The van der Waals surface area contributed by atoms with Crippen LogP contribution in [0.4, 0.5) is 4.39 Å². The summed E-state index contributed by atoms with van der Waals surface area (Å²) in [6.45, 7) is -1.76. The number of ether oxygens (including phenoxy) is 1. The molecule has 5 N–H and O–H groups in total. The summed E-state index contributed by atoms with van der Waals surface area (Å²) >= 11 is 0. The number of alkyl halides is 1. The van der Waals surface area contributed by atoms with Gasteiger partial charge in [-0.05, 0) is 0 Å². The van der Waals surface area contributed by atoms with E-state index in [2.05, 4.69) is 19.9 Å². The van der Waals surface area contributed by atoms with Crippen LogP contribution in [0.3, 0.4) is 0 Å². The van der Waals surface area contributed by atoms with E-state index in [0.717, 1.165) is 0 Å². The number of nitrogens with zero attached hydrogens (tertiary/aromatic N) is 3. The molecule has 10 heteroatoms. The number of nitrogens with one attached hydrogen (secondary N) is 1. The Morgan fingerprint density at radius 2 is 2.10 bits per heavy atom. The van der Waals surface area contributed by atoms with E-state index in [9.17, 15) is 24.8 Å². The second kappa shape index (κ2) is 4.64. The van der Waals surface area contributed by atoms with Crippen LogP contribution in [-0.2, 0) is 4.74 Å². The van der Waals surface area contributed by atoms with Gasteiger partial charge < -0.3 is 30.1 Å². The van der Waals surface area contributed by atoms with E-state index in [1.54, 1.807) is 0 Å². The normalized spacial score (nSPS) is 31.9. The zero-order valence-electron chi connectivity index (χ0n) is 10.6. The van der Waals surface area contributed by atoms with Crippen molar-refractivity contribution in [1.29, 1.82) is 0 Å². The van der Waals surface area contributed by atoms with Crippen molar-refractivity contribution in [1.82, 2.24) is 19.9 Å². The third-order valence-electron chi connectivity index (χ3n) is 3.57. The molecule has 0 bridgehead atoms. The highest BCUT2D eigenvalue weighted by atomic mass is 19.2. The van der Waals surface area contributed by atoms with Crippen molar-refractivity contribution in [3.63, 3.8) is 0 Å². The maximum atomic E-state index is 14.4. The number of aliphatic hydroxyl groups excluding tert-OH is 3. The third-order valence-corrected chi connectivity index (χ3v) is 3.57. The van der Waals surface area contributed by atoms with Crippen molar-refractivity contribution in [3.05, 3.63) is 18.3 Å². The molecule has 0 spiro atoms. The summed E-state index contributed by atoms with van der Waals surface area (Å²) in [7, 11) is 0. The quantitative estimate of drug-likeness (QED) is 0.445. The second-order valence-electron chi connectivity index (χ2n) is 4.89. The molecule has 9 nitrogen and oxygen atoms in total. The first kappa shape index (κ1) is 14.2. The molecule has 0 radical (unpaired) electrons. The number of aromatic amines is 1. The van der Waals surface area contributed by atoms with Crippen LogP contribution in [0.2, 0.25) is 0 Å². The fraction of sp³-hybridized carbons (Fsp3) is 0.545. The molecular formula is C11H13FN4O5. The standard InChI is InChI=1S/C11H13FN4O5/c12-11(20)6(21-10(2-17,3-18)9(11)19)8-15-5-1-13-4-14-7(5)16-8/h1,4,6,9,17-20H,2-3H2,(H,13,14,15,16)/t6?,9-,11-/m1/s1. The van der Waals surface area contributed by atoms with Crippen molar-refractivity contribution < 1.29 is 29.6 Å². The van der Waals surface area contributed by atoms with Crippen molar-refractivity contribution in [2.75, 3.05) is 13.2 Å². The van der Waals surface area contributed by atoms with E-state index < -0.39 is 36.9 Å². The predicted molar refractivity (Wildman–Crippen MR) is 64.5 cm³/mol. The molecule has 114 valence electrons. The van der Waals surface area contributed by atoms with Crippen LogP contribution >= 0.6 is 0 Å². The molecule has 1 fully saturated rings. The highest BCUT2D eigenvalue weighted by molar-refractivity contribution is 5.68. The van der Waals surface area contributed by atoms with Gasteiger partial charge in [0, 0.05) is 0 Å². The van der Waals surface area contributed by atoms with Crippen molar-refractivity contribution >= 4 is 11.2 Å². The number of rotatable bonds is 3. The number of hydrogen-bond acceptors (Lipinski definition) is 8. The van der Waals surface area contributed by atoms with Crippen LogP contribution in [0, 0.1) is 0 Å². The Balaban J connectivity index is 2.05. The molecule has 1 saturated heterocycles. The van der Waals surface area contributed by atoms with Crippen LogP contribution < -0.4 is 0 Å². The van der Waals surface area contributed by atoms with E-state index >= 15 is 0 Å².